The van der Waals surface area contributed by atoms with Crippen molar-refractivity contribution in [3.05, 3.63) is 48.0 Å². The highest BCUT2D eigenvalue weighted by Crippen LogP contribution is 2.15. The Labute approximate surface area is 119 Å². The van der Waals surface area contributed by atoms with Gasteiger partial charge in [-0.3, -0.25) is 4.79 Å². The summed E-state index contributed by atoms with van der Waals surface area (Å²) in [6, 6.07) is 15.1. The standard InChI is InChI=1S/C17H20N2O/c18-17(20)16-6-3-9-19(12-16)11-13-7-8-14-4-1-2-5-15(14)10-13/h1-2,4-5,7-8,10,16H,3,6,9,11-12H2,(H2,18,20)/p+1/t16-/m1/s1. The summed E-state index contributed by atoms with van der Waals surface area (Å²) in [5.41, 5.74) is 6.78. The quantitative estimate of drug-likeness (QED) is 0.862. The van der Waals surface area contributed by atoms with Gasteiger partial charge >= 0.3 is 0 Å². The third kappa shape index (κ3) is 2.83. The smallest absolute Gasteiger partial charge is 0.226 e. The minimum Gasteiger partial charge on any atom is -0.369 e. The minimum atomic E-state index is -0.138. The van der Waals surface area contributed by atoms with Gasteiger partial charge in [-0.1, -0.05) is 36.4 Å². The number of likely N-dealkylation sites (tertiary alicyclic amines) is 1. The van der Waals surface area contributed by atoms with E-state index in [9.17, 15) is 4.79 Å². The van der Waals surface area contributed by atoms with Crippen molar-refractivity contribution in [3.8, 4) is 0 Å². The lowest BCUT2D eigenvalue weighted by molar-refractivity contribution is -0.921. The molecule has 104 valence electrons. The van der Waals surface area contributed by atoms with Crippen LogP contribution in [0.3, 0.4) is 0 Å². The molecule has 3 N–H and O–H groups in total. The Kier molecular flexibility index (Phi) is 3.70. The maximum atomic E-state index is 11.3. The number of carbonyl (C=O) groups excluding carboxylic acids is 1. The Morgan fingerprint density at radius 2 is 2.00 bits per heavy atom. The summed E-state index contributed by atoms with van der Waals surface area (Å²) in [7, 11) is 0. The van der Waals surface area contributed by atoms with Gasteiger partial charge in [-0.25, -0.2) is 0 Å². The Hall–Kier alpha value is -1.87. The molecule has 0 spiro atoms. The zero-order valence-corrected chi connectivity index (χ0v) is 11.6. The molecule has 0 saturated carbocycles. The highest BCUT2D eigenvalue weighted by atomic mass is 16.1. The van der Waals surface area contributed by atoms with Gasteiger partial charge < -0.3 is 10.6 Å². The van der Waals surface area contributed by atoms with Crippen LogP contribution in [0, 0.1) is 5.92 Å². The average Bonchev–Trinajstić information content (AvgIpc) is 2.47. The summed E-state index contributed by atoms with van der Waals surface area (Å²) in [6.45, 7) is 2.99. The number of quaternary nitrogens is 1. The first-order valence-electron chi connectivity index (χ1n) is 7.33. The Morgan fingerprint density at radius 3 is 2.80 bits per heavy atom. The fraction of sp³-hybridized carbons (Fsp3) is 0.353. The van der Waals surface area contributed by atoms with Gasteiger partial charge in [0, 0.05) is 5.56 Å². The summed E-state index contributed by atoms with van der Waals surface area (Å²) in [4.78, 5) is 12.8. The van der Waals surface area contributed by atoms with Crippen LogP contribution >= 0.6 is 0 Å². The zero-order chi connectivity index (χ0) is 13.9. The SMILES string of the molecule is NC(=O)[C@@H]1CCC[NH+](Cc2ccc3ccccc3c2)C1. The molecule has 1 saturated heterocycles. The summed E-state index contributed by atoms with van der Waals surface area (Å²) < 4.78 is 0. The Balaban J connectivity index is 1.74. The van der Waals surface area contributed by atoms with Crippen LogP contribution in [0.15, 0.2) is 42.5 Å². The molecule has 1 unspecified atom stereocenters. The van der Waals surface area contributed by atoms with E-state index in [4.69, 9.17) is 5.73 Å². The molecule has 1 aliphatic heterocycles. The molecule has 1 heterocycles. The lowest BCUT2D eigenvalue weighted by Crippen LogP contribution is -3.12. The van der Waals surface area contributed by atoms with Crippen LogP contribution in [0.2, 0.25) is 0 Å². The first-order valence-corrected chi connectivity index (χ1v) is 7.33. The molecule has 0 radical (unpaired) electrons. The van der Waals surface area contributed by atoms with Crippen LogP contribution in [0.25, 0.3) is 10.8 Å². The van der Waals surface area contributed by atoms with E-state index in [0.717, 1.165) is 32.5 Å². The number of amides is 1. The van der Waals surface area contributed by atoms with E-state index in [0.29, 0.717) is 0 Å². The Bertz CT molecular complexity index is 623. The van der Waals surface area contributed by atoms with Crippen LogP contribution in [0.4, 0.5) is 0 Å². The lowest BCUT2D eigenvalue weighted by Gasteiger charge is -2.28. The molecule has 3 rings (SSSR count). The molecule has 2 aromatic carbocycles. The Morgan fingerprint density at radius 1 is 1.20 bits per heavy atom. The van der Waals surface area contributed by atoms with Crippen molar-refractivity contribution in [1.82, 2.24) is 0 Å². The van der Waals surface area contributed by atoms with Crippen molar-refractivity contribution in [3.63, 3.8) is 0 Å². The number of rotatable bonds is 3. The molecule has 2 aromatic rings. The average molecular weight is 269 g/mol. The number of nitrogens with one attached hydrogen (secondary N) is 1. The highest BCUT2D eigenvalue weighted by molar-refractivity contribution is 5.82. The fourth-order valence-electron chi connectivity index (χ4n) is 3.19. The fourth-order valence-corrected chi connectivity index (χ4v) is 3.19. The van der Waals surface area contributed by atoms with E-state index in [1.807, 2.05) is 0 Å². The normalized spacial score (nSPS) is 22.8. The maximum absolute atomic E-state index is 11.3. The molecule has 0 aliphatic carbocycles. The molecule has 20 heavy (non-hydrogen) atoms. The van der Waals surface area contributed by atoms with Crippen molar-refractivity contribution < 1.29 is 9.69 Å². The van der Waals surface area contributed by atoms with Crippen LogP contribution in [-0.2, 0) is 11.3 Å². The summed E-state index contributed by atoms with van der Waals surface area (Å²) in [5, 5.41) is 2.56. The molecule has 1 amide bonds. The van der Waals surface area contributed by atoms with Crippen molar-refractivity contribution >= 4 is 16.7 Å². The number of hydrogen-bond donors (Lipinski definition) is 2. The monoisotopic (exact) mass is 269 g/mol. The molecule has 0 aromatic heterocycles. The number of piperidine rings is 1. The first kappa shape index (κ1) is 13.1. The largest absolute Gasteiger partial charge is 0.369 e. The van der Waals surface area contributed by atoms with Gasteiger partial charge in [0.15, 0.2) is 0 Å². The summed E-state index contributed by atoms with van der Waals surface area (Å²) in [5.74, 6) is -0.0834. The molecule has 1 aliphatic rings. The second kappa shape index (κ2) is 5.63. The zero-order valence-electron chi connectivity index (χ0n) is 11.6. The molecule has 1 fully saturated rings. The molecule has 0 bridgehead atoms. The van der Waals surface area contributed by atoms with Gasteiger partial charge in [-0.2, -0.15) is 0 Å². The van der Waals surface area contributed by atoms with Gasteiger partial charge in [0.25, 0.3) is 0 Å². The number of benzene rings is 2. The molecule has 3 nitrogen and oxygen atoms in total. The van der Waals surface area contributed by atoms with Gasteiger partial charge in [-0.15, -0.1) is 0 Å². The van der Waals surface area contributed by atoms with E-state index in [1.54, 1.807) is 0 Å². The van der Waals surface area contributed by atoms with Crippen molar-refractivity contribution in [2.24, 2.45) is 11.7 Å². The second-order valence-corrected chi connectivity index (χ2v) is 5.80. The van der Waals surface area contributed by atoms with Crippen LogP contribution in [0.1, 0.15) is 18.4 Å². The minimum absolute atomic E-state index is 0.0548. The summed E-state index contributed by atoms with van der Waals surface area (Å²) >= 11 is 0. The predicted molar refractivity (Wildman–Crippen MR) is 80.3 cm³/mol. The third-order valence-electron chi connectivity index (χ3n) is 4.29. The number of fused-ring (bicyclic) bond motifs is 1. The van der Waals surface area contributed by atoms with Crippen molar-refractivity contribution in [2.75, 3.05) is 13.1 Å². The topological polar surface area (TPSA) is 47.5 Å². The molecule has 3 heteroatoms. The third-order valence-corrected chi connectivity index (χ3v) is 4.29. The molecular weight excluding hydrogens is 248 g/mol. The van der Waals surface area contributed by atoms with Gasteiger partial charge in [0.1, 0.15) is 6.54 Å². The van der Waals surface area contributed by atoms with Crippen LogP contribution in [-0.4, -0.2) is 19.0 Å². The first-order chi connectivity index (χ1) is 9.72. The maximum Gasteiger partial charge on any atom is 0.226 e. The number of carbonyl (C=O) groups is 1. The predicted octanol–water partition coefficient (Wildman–Crippen LogP) is 1.12. The highest BCUT2D eigenvalue weighted by Gasteiger charge is 2.26. The van der Waals surface area contributed by atoms with Crippen LogP contribution < -0.4 is 10.6 Å². The van der Waals surface area contributed by atoms with E-state index in [-0.39, 0.29) is 11.8 Å². The summed E-state index contributed by atoms with van der Waals surface area (Å²) in [6.07, 6.45) is 2.05. The van der Waals surface area contributed by atoms with Crippen molar-refractivity contribution in [2.45, 2.75) is 19.4 Å². The van der Waals surface area contributed by atoms with E-state index < -0.39 is 0 Å². The van der Waals surface area contributed by atoms with Gasteiger partial charge in [-0.05, 0) is 29.7 Å². The van der Waals surface area contributed by atoms with E-state index in [1.165, 1.54) is 21.2 Å². The van der Waals surface area contributed by atoms with Crippen molar-refractivity contribution in [1.29, 1.82) is 0 Å². The molecular formula is C17H21N2O+. The molecule has 2 atom stereocenters. The number of primary amides is 1. The van der Waals surface area contributed by atoms with Gasteiger partial charge in [0.05, 0.1) is 19.0 Å². The lowest BCUT2D eigenvalue weighted by atomic mass is 9.97. The van der Waals surface area contributed by atoms with E-state index >= 15 is 0 Å². The number of hydrogen-bond acceptors (Lipinski definition) is 1. The van der Waals surface area contributed by atoms with E-state index in [2.05, 4.69) is 42.5 Å². The van der Waals surface area contributed by atoms with Crippen LogP contribution in [0.5, 0.6) is 0 Å². The van der Waals surface area contributed by atoms with Gasteiger partial charge in [0.2, 0.25) is 5.91 Å². The second-order valence-electron chi connectivity index (χ2n) is 5.80. The number of nitrogens with two attached hydrogens (primary N) is 1.